The highest BCUT2D eigenvalue weighted by atomic mass is 32.1. The Bertz CT molecular complexity index is 241. The third kappa shape index (κ3) is 4.82. The first-order chi connectivity index (χ1) is 7.96. The van der Waals surface area contributed by atoms with Crippen LogP contribution in [0.5, 0.6) is 0 Å². The Morgan fingerprint density at radius 3 is 2.47 bits per heavy atom. The normalized spacial score (nSPS) is 20.0. The summed E-state index contributed by atoms with van der Waals surface area (Å²) in [5, 5.41) is 4.29. The third-order valence-electron chi connectivity index (χ3n) is 3.98. The standard InChI is InChI=1S/C14H28N2S/c1-5-6-11-15-13(17)16(4)12-7-9-14(2,3)10-8-12/h12H,5-11H2,1-4H3,(H,15,17). The van der Waals surface area contributed by atoms with Gasteiger partial charge in [-0.1, -0.05) is 27.2 Å². The molecule has 1 fully saturated rings. The second kappa shape index (κ2) is 6.58. The molecule has 100 valence electrons. The van der Waals surface area contributed by atoms with Gasteiger partial charge in [-0.15, -0.1) is 0 Å². The summed E-state index contributed by atoms with van der Waals surface area (Å²) in [7, 11) is 2.14. The van der Waals surface area contributed by atoms with E-state index in [2.05, 4.69) is 38.0 Å². The molecule has 0 heterocycles. The molecule has 1 N–H and O–H groups in total. The van der Waals surface area contributed by atoms with Gasteiger partial charge >= 0.3 is 0 Å². The topological polar surface area (TPSA) is 15.3 Å². The van der Waals surface area contributed by atoms with E-state index in [4.69, 9.17) is 12.2 Å². The zero-order valence-corrected chi connectivity index (χ0v) is 12.7. The van der Waals surface area contributed by atoms with Crippen molar-refractivity contribution in [1.29, 1.82) is 0 Å². The van der Waals surface area contributed by atoms with Crippen LogP contribution < -0.4 is 5.32 Å². The molecule has 0 bridgehead atoms. The van der Waals surface area contributed by atoms with Crippen LogP contribution >= 0.6 is 12.2 Å². The van der Waals surface area contributed by atoms with Crippen molar-refractivity contribution in [1.82, 2.24) is 10.2 Å². The number of rotatable bonds is 4. The van der Waals surface area contributed by atoms with Crippen molar-refractivity contribution >= 4 is 17.3 Å². The van der Waals surface area contributed by atoms with E-state index in [-0.39, 0.29) is 0 Å². The van der Waals surface area contributed by atoms with Gasteiger partial charge in [0.05, 0.1) is 0 Å². The second-order valence-electron chi connectivity index (χ2n) is 6.09. The maximum Gasteiger partial charge on any atom is 0.168 e. The van der Waals surface area contributed by atoms with Crippen LogP contribution in [0, 0.1) is 5.41 Å². The van der Waals surface area contributed by atoms with Gasteiger partial charge in [0, 0.05) is 19.6 Å². The van der Waals surface area contributed by atoms with Crippen molar-refractivity contribution < 1.29 is 0 Å². The quantitative estimate of drug-likeness (QED) is 0.611. The summed E-state index contributed by atoms with van der Waals surface area (Å²) in [5.74, 6) is 0. The summed E-state index contributed by atoms with van der Waals surface area (Å²) in [4.78, 5) is 2.28. The summed E-state index contributed by atoms with van der Waals surface area (Å²) in [6, 6.07) is 0.643. The molecule has 0 amide bonds. The van der Waals surface area contributed by atoms with Gasteiger partial charge in [0.1, 0.15) is 0 Å². The van der Waals surface area contributed by atoms with Crippen LogP contribution in [0.25, 0.3) is 0 Å². The third-order valence-corrected chi connectivity index (χ3v) is 4.42. The van der Waals surface area contributed by atoms with Crippen LogP contribution in [0.2, 0.25) is 0 Å². The molecule has 0 atom stereocenters. The van der Waals surface area contributed by atoms with Crippen LogP contribution in [-0.4, -0.2) is 29.6 Å². The Balaban J connectivity index is 2.32. The molecule has 0 aromatic rings. The van der Waals surface area contributed by atoms with Crippen LogP contribution in [0.1, 0.15) is 59.3 Å². The van der Waals surface area contributed by atoms with Crippen molar-refractivity contribution in [2.75, 3.05) is 13.6 Å². The maximum absolute atomic E-state index is 5.44. The van der Waals surface area contributed by atoms with Crippen LogP contribution in [0.3, 0.4) is 0 Å². The van der Waals surface area contributed by atoms with Crippen molar-refractivity contribution in [3.8, 4) is 0 Å². The molecule has 1 rings (SSSR count). The van der Waals surface area contributed by atoms with Gasteiger partial charge < -0.3 is 10.2 Å². The molecule has 17 heavy (non-hydrogen) atoms. The Kier molecular flexibility index (Phi) is 5.71. The molecule has 1 aliphatic carbocycles. The zero-order valence-electron chi connectivity index (χ0n) is 11.9. The smallest absolute Gasteiger partial charge is 0.168 e. The van der Waals surface area contributed by atoms with Gasteiger partial charge in [0.2, 0.25) is 0 Å². The molecular weight excluding hydrogens is 228 g/mol. The fourth-order valence-electron chi connectivity index (χ4n) is 2.43. The molecule has 1 saturated carbocycles. The molecule has 3 heteroatoms. The maximum atomic E-state index is 5.44. The first-order valence-corrected chi connectivity index (χ1v) is 7.38. The molecule has 2 nitrogen and oxygen atoms in total. The number of nitrogens with zero attached hydrogens (tertiary/aromatic N) is 1. The van der Waals surface area contributed by atoms with Gasteiger partial charge in [-0.2, -0.15) is 0 Å². The van der Waals surface area contributed by atoms with E-state index >= 15 is 0 Å². The highest BCUT2D eigenvalue weighted by Gasteiger charge is 2.29. The second-order valence-corrected chi connectivity index (χ2v) is 6.48. The average molecular weight is 256 g/mol. The van der Waals surface area contributed by atoms with Crippen molar-refractivity contribution in [3.63, 3.8) is 0 Å². The lowest BCUT2D eigenvalue weighted by Gasteiger charge is -2.39. The van der Waals surface area contributed by atoms with Gasteiger partial charge in [0.25, 0.3) is 0 Å². The number of unbranched alkanes of at least 4 members (excludes halogenated alkanes) is 1. The minimum Gasteiger partial charge on any atom is -0.363 e. The minimum atomic E-state index is 0.536. The molecule has 1 aliphatic rings. The Morgan fingerprint density at radius 1 is 1.35 bits per heavy atom. The molecule has 0 saturated heterocycles. The van der Waals surface area contributed by atoms with E-state index < -0.39 is 0 Å². The van der Waals surface area contributed by atoms with Crippen molar-refractivity contribution in [3.05, 3.63) is 0 Å². The number of nitrogens with one attached hydrogen (secondary N) is 1. The summed E-state index contributed by atoms with van der Waals surface area (Å²) in [6.45, 7) is 7.97. The molecule has 0 aromatic carbocycles. The predicted octanol–water partition coefficient (Wildman–Crippen LogP) is 3.56. The summed E-state index contributed by atoms with van der Waals surface area (Å²) in [6.07, 6.45) is 7.61. The Hall–Kier alpha value is -0.310. The number of thiocarbonyl (C=S) groups is 1. The van der Waals surface area contributed by atoms with Crippen LogP contribution in [0.15, 0.2) is 0 Å². The highest BCUT2D eigenvalue weighted by Crippen LogP contribution is 2.36. The lowest BCUT2D eigenvalue weighted by molar-refractivity contribution is 0.168. The van der Waals surface area contributed by atoms with Gasteiger partial charge in [0.15, 0.2) is 5.11 Å². The fourth-order valence-corrected chi connectivity index (χ4v) is 2.69. The SMILES string of the molecule is CCCCNC(=S)N(C)C1CCC(C)(C)CC1. The first kappa shape index (κ1) is 14.7. The van der Waals surface area contributed by atoms with Gasteiger partial charge in [-0.05, 0) is 49.7 Å². The van der Waals surface area contributed by atoms with Crippen molar-refractivity contribution in [2.24, 2.45) is 5.41 Å². The summed E-state index contributed by atoms with van der Waals surface area (Å²) < 4.78 is 0. The number of hydrogen-bond donors (Lipinski definition) is 1. The lowest BCUT2D eigenvalue weighted by Crippen LogP contribution is -2.45. The largest absolute Gasteiger partial charge is 0.363 e. The van der Waals surface area contributed by atoms with Crippen molar-refractivity contribution in [2.45, 2.75) is 65.3 Å². The van der Waals surface area contributed by atoms with E-state index in [9.17, 15) is 0 Å². The molecule has 0 aliphatic heterocycles. The minimum absolute atomic E-state index is 0.536. The lowest BCUT2D eigenvalue weighted by atomic mass is 9.75. The van der Waals surface area contributed by atoms with Crippen LogP contribution in [-0.2, 0) is 0 Å². The average Bonchev–Trinajstić information content (AvgIpc) is 2.28. The van der Waals surface area contributed by atoms with E-state index in [1.165, 1.54) is 38.5 Å². The summed E-state index contributed by atoms with van der Waals surface area (Å²) >= 11 is 5.44. The van der Waals surface area contributed by atoms with Crippen LogP contribution in [0.4, 0.5) is 0 Å². The van der Waals surface area contributed by atoms with Gasteiger partial charge in [-0.3, -0.25) is 0 Å². The first-order valence-electron chi connectivity index (χ1n) is 6.97. The van der Waals surface area contributed by atoms with E-state index in [1.54, 1.807) is 0 Å². The Labute approximate surface area is 112 Å². The van der Waals surface area contributed by atoms with E-state index in [0.717, 1.165) is 11.7 Å². The van der Waals surface area contributed by atoms with E-state index in [0.29, 0.717) is 11.5 Å². The molecular formula is C14H28N2S. The van der Waals surface area contributed by atoms with Gasteiger partial charge in [-0.25, -0.2) is 0 Å². The zero-order chi connectivity index (χ0) is 12.9. The highest BCUT2D eigenvalue weighted by molar-refractivity contribution is 7.80. The monoisotopic (exact) mass is 256 g/mol. The molecule has 0 aromatic heterocycles. The summed E-state index contributed by atoms with van der Waals surface area (Å²) in [5.41, 5.74) is 0.536. The fraction of sp³-hybridized carbons (Fsp3) is 0.929. The molecule has 0 unspecified atom stereocenters. The Morgan fingerprint density at radius 2 is 1.94 bits per heavy atom. The van der Waals surface area contributed by atoms with E-state index in [1.807, 2.05) is 0 Å². The predicted molar refractivity (Wildman–Crippen MR) is 79.3 cm³/mol. The molecule has 0 spiro atoms. The number of hydrogen-bond acceptors (Lipinski definition) is 1. The molecule has 0 radical (unpaired) electrons.